The number of benzene rings is 1. The highest BCUT2D eigenvalue weighted by molar-refractivity contribution is 6.04. The van der Waals surface area contributed by atoms with E-state index in [4.69, 9.17) is 5.73 Å². The number of carbonyl (C=O) groups excluding carboxylic acids is 1. The van der Waals surface area contributed by atoms with Crippen molar-refractivity contribution in [1.82, 2.24) is 4.98 Å². The molecule has 0 aliphatic rings. The molecule has 0 saturated heterocycles. The zero-order valence-electron chi connectivity index (χ0n) is 9.86. The molecule has 0 saturated carbocycles. The predicted molar refractivity (Wildman–Crippen MR) is 66.4 cm³/mol. The van der Waals surface area contributed by atoms with Gasteiger partial charge >= 0.3 is 0 Å². The van der Waals surface area contributed by atoms with E-state index < -0.39 is 17.5 Å². The molecule has 98 valence electrons. The monoisotopic (exact) mass is 263 g/mol. The molecule has 0 aliphatic carbocycles. The molecule has 1 amide bonds. The molecule has 0 unspecified atom stereocenters. The molecule has 1 aromatic carbocycles. The molecule has 0 fully saturated rings. The molecule has 19 heavy (non-hydrogen) atoms. The van der Waals surface area contributed by atoms with E-state index in [1.54, 1.807) is 12.1 Å². The molecule has 3 N–H and O–H groups in total. The Morgan fingerprint density at radius 2 is 1.79 bits per heavy atom. The fourth-order valence-corrected chi connectivity index (χ4v) is 1.57. The summed E-state index contributed by atoms with van der Waals surface area (Å²) in [6.07, 6.45) is 2.99. The first-order valence-corrected chi connectivity index (χ1v) is 5.51. The lowest BCUT2D eigenvalue weighted by molar-refractivity contribution is 0.102. The van der Waals surface area contributed by atoms with E-state index in [9.17, 15) is 13.6 Å². The Bertz CT molecular complexity index is 579. The van der Waals surface area contributed by atoms with Crippen molar-refractivity contribution in [1.29, 1.82) is 0 Å². The number of amides is 1. The maximum absolute atomic E-state index is 13.5. The highest BCUT2D eigenvalue weighted by Gasteiger charge is 2.14. The van der Waals surface area contributed by atoms with Crippen LogP contribution in [0, 0.1) is 11.6 Å². The Morgan fingerprint density at radius 3 is 2.32 bits per heavy atom. The molecule has 2 rings (SSSR count). The number of hydrogen-bond acceptors (Lipinski definition) is 3. The highest BCUT2D eigenvalue weighted by Crippen LogP contribution is 2.16. The van der Waals surface area contributed by atoms with Gasteiger partial charge in [0.2, 0.25) is 0 Å². The SMILES string of the molecule is NCc1c(F)cc(C(=O)Nc2ccncc2)cc1F. The number of aromatic nitrogens is 1. The molecule has 4 nitrogen and oxygen atoms in total. The van der Waals surface area contributed by atoms with Crippen LogP contribution in [0.25, 0.3) is 0 Å². The summed E-state index contributed by atoms with van der Waals surface area (Å²) in [7, 11) is 0. The Labute approximate surface area is 108 Å². The standard InChI is InChI=1S/C13H11F2N3O/c14-11-5-8(6-12(15)10(11)7-16)13(19)18-9-1-3-17-4-2-9/h1-6H,7,16H2,(H,17,18,19). The second kappa shape index (κ2) is 5.53. The van der Waals surface area contributed by atoms with E-state index in [2.05, 4.69) is 10.3 Å². The first-order valence-electron chi connectivity index (χ1n) is 5.51. The van der Waals surface area contributed by atoms with Crippen LogP contribution in [0.1, 0.15) is 15.9 Å². The quantitative estimate of drug-likeness (QED) is 0.890. The van der Waals surface area contributed by atoms with Gasteiger partial charge < -0.3 is 11.1 Å². The summed E-state index contributed by atoms with van der Waals surface area (Å²) in [4.78, 5) is 15.6. The van der Waals surface area contributed by atoms with Crippen LogP contribution in [0.2, 0.25) is 0 Å². The second-order valence-electron chi connectivity index (χ2n) is 3.81. The molecular weight excluding hydrogens is 252 g/mol. The van der Waals surface area contributed by atoms with E-state index in [1.165, 1.54) is 12.4 Å². The summed E-state index contributed by atoms with van der Waals surface area (Å²) >= 11 is 0. The lowest BCUT2D eigenvalue weighted by Crippen LogP contribution is -2.14. The van der Waals surface area contributed by atoms with Gasteiger partial charge in [-0.3, -0.25) is 9.78 Å². The minimum absolute atomic E-state index is 0.107. The zero-order valence-corrected chi connectivity index (χ0v) is 9.86. The number of hydrogen-bond donors (Lipinski definition) is 2. The van der Waals surface area contributed by atoms with Gasteiger partial charge in [0, 0.05) is 35.8 Å². The third kappa shape index (κ3) is 2.92. The van der Waals surface area contributed by atoms with E-state index in [-0.39, 0.29) is 17.7 Å². The van der Waals surface area contributed by atoms with Crippen molar-refractivity contribution in [2.75, 3.05) is 5.32 Å². The Hall–Kier alpha value is -2.34. The summed E-state index contributed by atoms with van der Waals surface area (Å²) in [6, 6.07) is 5.06. The van der Waals surface area contributed by atoms with Gasteiger partial charge in [0.25, 0.3) is 5.91 Å². The largest absolute Gasteiger partial charge is 0.326 e. The van der Waals surface area contributed by atoms with Gasteiger partial charge in [0.1, 0.15) is 11.6 Å². The number of nitrogens with zero attached hydrogens (tertiary/aromatic N) is 1. The van der Waals surface area contributed by atoms with Crippen LogP contribution in [0.15, 0.2) is 36.7 Å². The Balaban J connectivity index is 2.25. The number of nitrogens with two attached hydrogens (primary N) is 1. The highest BCUT2D eigenvalue weighted by atomic mass is 19.1. The fourth-order valence-electron chi connectivity index (χ4n) is 1.57. The number of carbonyl (C=O) groups is 1. The summed E-state index contributed by atoms with van der Waals surface area (Å²) < 4.78 is 27.0. The normalized spacial score (nSPS) is 10.3. The minimum atomic E-state index is -0.831. The van der Waals surface area contributed by atoms with Crippen molar-refractivity contribution >= 4 is 11.6 Å². The molecule has 0 radical (unpaired) electrons. The first kappa shape index (κ1) is 13.1. The van der Waals surface area contributed by atoms with Crippen LogP contribution in [0.3, 0.4) is 0 Å². The van der Waals surface area contributed by atoms with Crippen LogP contribution in [-0.4, -0.2) is 10.9 Å². The first-order chi connectivity index (χ1) is 9.11. The molecule has 0 atom stereocenters. The summed E-state index contributed by atoms with van der Waals surface area (Å²) in [5.74, 6) is -2.27. The number of rotatable bonds is 3. The third-order valence-corrected chi connectivity index (χ3v) is 2.55. The lowest BCUT2D eigenvalue weighted by Gasteiger charge is -2.07. The lowest BCUT2D eigenvalue weighted by atomic mass is 10.1. The zero-order chi connectivity index (χ0) is 13.8. The van der Waals surface area contributed by atoms with E-state index in [1.807, 2.05) is 0 Å². The van der Waals surface area contributed by atoms with Gasteiger partial charge in [-0.05, 0) is 24.3 Å². The number of pyridine rings is 1. The summed E-state index contributed by atoms with van der Waals surface area (Å²) in [5, 5.41) is 2.51. The minimum Gasteiger partial charge on any atom is -0.326 e. The van der Waals surface area contributed by atoms with Gasteiger partial charge in [-0.25, -0.2) is 8.78 Å². The fraction of sp³-hybridized carbons (Fsp3) is 0.0769. The van der Waals surface area contributed by atoms with Crippen LogP contribution < -0.4 is 11.1 Å². The molecular formula is C13H11F2N3O. The van der Waals surface area contributed by atoms with Gasteiger partial charge in [-0.1, -0.05) is 0 Å². The van der Waals surface area contributed by atoms with Gasteiger partial charge in [0.15, 0.2) is 0 Å². The number of nitrogens with one attached hydrogen (secondary N) is 1. The van der Waals surface area contributed by atoms with Crippen LogP contribution >= 0.6 is 0 Å². The van der Waals surface area contributed by atoms with Gasteiger partial charge in [-0.15, -0.1) is 0 Å². The van der Waals surface area contributed by atoms with Crippen LogP contribution in [0.4, 0.5) is 14.5 Å². The Morgan fingerprint density at radius 1 is 1.21 bits per heavy atom. The molecule has 0 spiro atoms. The maximum atomic E-state index is 13.5. The molecule has 2 aromatic rings. The average Bonchev–Trinajstić information content (AvgIpc) is 2.39. The average molecular weight is 263 g/mol. The smallest absolute Gasteiger partial charge is 0.255 e. The summed E-state index contributed by atoms with van der Waals surface area (Å²) in [5.41, 5.74) is 5.36. The summed E-state index contributed by atoms with van der Waals surface area (Å²) in [6.45, 7) is -0.260. The van der Waals surface area contributed by atoms with Gasteiger partial charge in [-0.2, -0.15) is 0 Å². The van der Waals surface area contributed by atoms with Crippen molar-refractivity contribution < 1.29 is 13.6 Å². The molecule has 0 aliphatic heterocycles. The van der Waals surface area contributed by atoms with Gasteiger partial charge in [0.05, 0.1) is 0 Å². The maximum Gasteiger partial charge on any atom is 0.255 e. The van der Waals surface area contributed by atoms with Crippen molar-refractivity contribution in [3.63, 3.8) is 0 Å². The molecule has 6 heteroatoms. The molecule has 0 bridgehead atoms. The second-order valence-corrected chi connectivity index (χ2v) is 3.81. The topological polar surface area (TPSA) is 68.0 Å². The van der Waals surface area contributed by atoms with E-state index >= 15 is 0 Å². The van der Waals surface area contributed by atoms with Crippen molar-refractivity contribution in [2.45, 2.75) is 6.54 Å². The predicted octanol–water partition coefficient (Wildman–Crippen LogP) is 2.07. The number of anilines is 1. The molecule has 1 heterocycles. The number of halogens is 2. The Kier molecular flexibility index (Phi) is 3.82. The van der Waals surface area contributed by atoms with Crippen molar-refractivity contribution in [2.24, 2.45) is 5.73 Å². The van der Waals surface area contributed by atoms with E-state index in [0.29, 0.717) is 5.69 Å². The third-order valence-electron chi connectivity index (χ3n) is 2.55. The van der Waals surface area contributed by atoms with E-state index in [0.717, 1.165) is 12.1 Å². The molecule has 1 aromatic heterocycles. The van der Waals surface area contributed by atoms with Crippen molar-refractivity contribution in [3.05, 3.63) is 59.4 Å². The van der Waals surface area contributed by atoms with Crippen molar-refractivity contribution in [3.8, 4) is 0 Å². The van der Waals surface area contributed by atoms with Crippen LogP contribution in [0.5, 0.6) is 0 Å². The van der Waals surface area contributed by atoms with Crippen LogP contribution in [-0.2, 0) is 6.54 Å².